The minimum Gasteiger partial charge on any atom is -0.406 e. The number of benzene rings is 2. The molecule has 0 saturated heterocycles. The smallest absolute Gasteiger partial charge is 0.406 e. The number of ether oxygens (including phenoxy) is 1. The molecule has 0 aliphatic heterocycles. The molecule has 0 radical (unpaired) electrons. The molecule has 42 heavy (non-hydrogen) atoms. The first-order chi connectivity index (χ1) is 19.8. The van der Waals surface area contributed by atoms with Gasteiger partial charge in [0.25, 0.3) is 0 Å². The Kier molecular flexibility index (Phi) is 9.22. The predicted octanol–water partition coefficient (Wildman–Crippen LogP) is 3.91. The second kappa shape index (κ2) is 12.7. The number of guanidine groups is 1. The van der Waals surface area contributed by atoms with E-state index in [4.69, 9.17) is 16.9 Å². The summed E-state index contributed by atoms with van der Waals surface area (Å²) in [5.41, 5.74) is 13.9. The van der Waals surface area contributed by atoms with Gasteiger partial charge in [-0.15, -0.1) is 13.2 Å². The van der Waals surface area contributed by atoms with E-state index in [1.807, 2.05) is 38.1 Å². The lowest BCUT2D eigenvalue weighted by molar-refractivity contribution is -0.274. The van der Waals surface area contributed by atoms with Gasteiger partial charge < -0.3 is 31.8 Å². The molecule has 4 aromatic rings. The molecule has 4 rings (SSSR count). The van der Waals surface area contributed by atoms with Crippen molar-refractivity contribution < 1.29 is 17.9 Å². The van der Waals surface area contributed by atoms with Crippen LogP contribution in [-0.4, -0.2) is 45.5 Å². The first-order valence-electron chi connectivity index (χ1n) is 13.5. The Balaban J connectivity index is 1.55. The number of halogens is 3. The lowest BCUT2D eigenvalue weighted by Crippen LogP contribution is -2.32. The third-order valence-corrected chi connectivity index (χ3v) is 6.47. The SMILES string of the molecule is CC(C)(N)CCc1cc(OC(F)(F)F)cc(-c2cc3cn(-c4ccc(CNCCCNC(=N)N)cc4)c(=O)nc3[nH]2)c1. The lowest BCUT2D eigenvalue weighted by atomic mass is 9.95. The second-order valence-corrected chi connectivity index (χ2v) is 10.8. The van der Waals surface area contributed by atoms with Crippen molar-refractivity contribution in [3.05, 3.63) is 76.3 Å². The molecule has 0 bridgehead atoms. The van der Waals surface area contributed by atoms with Crippen molar-refractivity contribution in [2.24, 2.45) is 11.5 Å². The van der Waals surface area contributed by atoms with Gasteiger partial charge >= 0.3 is 12.1 Å². The molecule has 0 spiro atoms. The predicted molar refractivity (Wildman–Crippen MR) is 157 cm³/mol. The van der Waals surface area contributed by atoms with Crippen molar-refractivity contribution in [3.63, 3.8) is 0 Å². The highest BCUT2D eigenvalue weighted by Gasteiger charge is 2.31. The third-order valence-electron chi connectivity index (χ3n) is 6.47. The van der Waals surface area contributed by atoms with E-state index in [9.17, 15) is 18.0 Å². The van der Waals surface area contributed by atoms with Crippen LogP contribution in [0.1, 0.15) is 37.8 Å². The number of hydrogen-bond donors (Lipinski definition) is 6. The van der Waals surface area contributed by atoms with Gasteiger partial charge in [0, 0.05) is 41.5 Å². The van der Waals surface area contributed by atoms with Gasteiger partial charge in [0.1, 0.15) is 11.4 Å². The van der Waals surface area contributed by atoms with Crippen LogP contribution in [0.15, 0.2) is 59.5 Å². The van der Waals surface area contributed by atoms with Crippen molar-refractivity contribution in [1.82, 2.24) is 25.2 Å². The summed E-state index contributed by atoms with van der Waals surface area (Å²) in [5.74, 6) is -0.385. The van der Waals surface area contributed by atoms with E-state index in [-0.39, 0.29) is 11.7 Å². The number of H-pyrrole nitrogens is 1. The fraction of sp³-hybridized carbons (Fsp3) is 0.345. The maximum Gasteiger partial charge on any atom is 0.573 e. The maximum absolute atomic E-state index is 13.0. The number of aromatic amines is 1. The molecule has 10 nitrogen and oxygen atoms in total. The standard InChI is InChI=1S/C29H35F3N8O2/c1-28(2,35)9-8-19-12-20(14-23(13-19)42-29(30,31)32)24-15-21-17-40(27(41)39-25(21)38-24)22-6-4-18(5-7-22)16-36-10-3-11-37-26(33)34/h4-7,12-15,17,36H,3,8-11,16,35H2,1-2H3,(H4,33,34,37)(H,38,39,41). The van der Waals surface area contributed by atoms with Gasteiger partial charge in [-0.1, -0.05) is 12.1 Å². The lowest BCUT2D eigenvalue weighted by Gasteiger charge is -2.19. The van der Waals surface area contributed by atoms with E-state index >= 15 is 0 Å². The summed E-state index contributed by atoms with van der Waals surface area (Å²) < 4.78 is 44.8. The van der Waals surface area contributed by atoms with Crippen LogP contribution >= 0.6 is 0 Å². The number of aryl methyl sites for hydroxylation is 1. The Bertz CT molecular complexity index is 1590. The molecule has 0 aliphatic carbocycles. The minimum atomic E-state index is -4.84. The van der Waals surface area contributed by atoms with Crippen LogP contribution in [0.5, 0.6) is 5.75 Å². The van der Waals surface area contributed by atoms with Crippen molar-refractivity contribution in [1.29, 1.82) is 5.41 Å². The van der Waals surface area contributed by atoms with Crippen molar-refractivity contribution in [2.75, 3.05) is 13.1 Å². The molecule has 0 unspecified atom stereocenters. The van der Waals surface area contributed by atoms with Crippen LogP contribution < -0.4 is 32.5 Å². The van der Waals surface area contributed by atoms with Crippen molar-refractivity contribution in [3.8, 4) is 22.7 Å². The van der Waals surface area contributed by atoms with Gasteiger partial charge in [-0.3, -0.25) is 9.98 Å². The minimum absolute atomic E-state index is 0.0502. The molecule has 2 aromatic heterocycles. The average Bonchev–Trinajstić information content (AvgIpc) is 3.31. The maximum atomic E-state index is 13.0. The number of nitrogens with two attached hydrogens (primary N) is 2. The molecule has 2 aromatic carbocycles. The van der Waals surface area contributed by atoms with E-state index in [1.54, 1.807) is 18.3 Å². The number of hydrogen-bond acceptors (Lipinski definition) is 6. The molecular formula is C29H35F3N8O2. The Morgan fingerprint density at radius 3 is 2.50 bits per heavy atom. The number of alkyl halides is 3. The van der Waals surface area contributed by atoms with Gasteiger partial charge in [-0.05, 0) is 87.2 Å². The number of aromatic nitrogens is 3. The van der Waals surface area contributed by atoms with Gasteiger partial charge in [-0.25, -0.2) is 4.79 Å². The van der Waals surface area contributed by atoms with Crippen molar-refractivity contribution >= 4 is 17.0 Å². The average molecular weight is 585 g/mol. The van der Waals surface area contributed by atoms with Crippen LogP contribution in [0.3, 0.4) is 0 Å². The molecule has 13 heteroatoms. The van der Waals surface area contributed by atoms with Crippen LogP contribution in [0.4, 0.5) is 13.2 Å². The van der Waals surface area contributed by atoms with E-state index in [2.05, 4.69) is 25.3 Å². The number of nitrogens with zero attached hydrogens (tertiary/aromatic N) is 2. The van der Waals surface area contributed by atoms with Crippen molar-refractivity contribution in [2.45, 2.75) is 51.6 Å². The van der Waals surface area contributed by atoms with E-state index in [0.717, 1.165) is 18.5 Å². The van der Waals surface area contributed by atoms with E-state index < -0.39 is 17.6 Å². The Hall–Kier alpha value is -4.36. The highest BCUT2D eigenvalue weighted by molar-refractivity contribution is 5.83. The summed E-state index contributed by atoms with van der Waals surface area (Å²) in [7, 11) is 0. The zero-order chi connectivity index (χ0) is 30.5. The fourth-order valence-electron chi connectivity index (χ4n) is 4.40. The molecule has 0 atom stereocenters. The molecule has 0 fully saturated rings. The van der Waals surface area contributed by atoms with Crippen LogP contribution in [0, 0.1) is 5.41 Å². The van der Waals surface area contributed by atoms with E-state index in [1.165, 1.54) is 16.7 Å². The molecule has 2 heterocycles. The van der Waals surface area contributed by atoms with Crippen LogP contribution in [0.25, 0.3) is 28.0 Å². The molecular weight excluding hydrogens is 549 g/mol. The van der Waals surface area contributed by atoms with Crippen LogP contribution in [-0.2, 0) is 13.0 Å². The highest BCUT2D eigenvalue weighted by atomic mass is 19.4. The second-order valence-electron chi connectivity index (χ2n) is 10.8. The normalized spacial score (nSPS) is 12.0. The third kappa shape index (κ3) is 8.82. The Labute approximate surface area is 240 Å². The van der Waals surface area contributed by atoms with Gasteiger partial charge in [0.2, 0.25) is 0 Å². The van der Waals surface area contributed by atoms with Gasteiger partial charge in [-0.2, -0.15) is 4.98 Å². The summed E-state index contributed by atoms with van der Waals surface area (Å²) in [6, 6.07) is 13.6. The first kappa shape index (κ1) is 30.6. The number of rotatable bonds is 12. The Morgan fingerprint density at radius 1 is 1.10 bits per heavy atom. The Morgan fingerprint density at radius 2 is 1.83 bits per heavy atom. The summed E-state index contributed by atoms with van der Waals surface area (Å²) >= 11 is 0. The summed E-state index contributed by atoms with van der Waals surface area (Å²) in [4.78, 5) is 20.1. The monoisotopic (exact) mass is 584 g/mol. The van der Waals surface area contributed by atoms with Gasteiger partial charge in [0.05, 0.1) is 5.69 Å². The quantitative estimate of drug-likeness (QED) is 0.0836. The highest BCUT2D eigenvalue weighted by Crippen LogP contribution is 2.31. The number of fused-ring (bicyclic) bond motifs is 1. The van der Waals surface area contributed by atoms with Crippen LogP contribution in [0.2, 0.25) is 0 Å². The molecule has 8 N–H and O–H groups in total. The summed E-state index contributed by atoms with van der Waals surface area (Å²) in [6.07, 6.45) is -1.37. The molecule has 0 amide bonds. The largest absolute Gasteiger partial charge is 0.573 e. The number of nitrogens with one attached hydrogen (secondary N) is 4. The van der Waals surface area contributed by atoms with E-state index in [0.29, 0.717) is 59.5 Å². The van der Waals surface area contributed by atoms with Gasteiger partial charge in [0.15, 0.2) is 5.96 Å². The molecule has 0 aliphatic rings. The summed E-state index contributed by atoms with van der Waals surface area (Å²) in [5, 5.41) is 13.8. The zero-order valence-corrected chi connectivity index (χ0v) is 23.4. The molecule has 0 saturated carbocycles. The fourth-order valence-corrected chi connectivity index (χ4v) is 4.40. The zero-order valence-electron chi connectivity index (χ0n) is 23.4. The molecule has 224 valence electrons. The topological polar surface area (TPSA) is 160 Å². The first-order valence-corrected chi connectivity index (χ1v) is 13.5. The summed E-state index contributed by atoms with van der Waals surface area (Å²) in [6.45, 7) is 5.70.